The molecular weight excluding hydrogens is 465 g/mol. The molecule has 1 fully saturated rings. The summed E-state index contributed by atoms with van der Waals surface area (Å²) >= 11 is 18.9. The molecular formula is C25H28Cl3N3O. The van der Waals surface area contributed by atoms with Gasteiger partial charge in [-0.15, -0.1) is 0 Å². The molecule has 1 aliphatic heterocycles. The normalized spacial score (nSPS) is 14.8. The van der Waals surface area contributed by atoms with Gasteiger partial charge in [-0.1, -0.05) is 65.5 Å². The predicted octanol–water partition coefficient (Wildman–Crippen LogP) is 6.88. The van der Waals surface area contributed by atoms with Crippen molar-refractivity contribution in [2.45, 2.75) is 46.0 Å². The van der Waals surface area contributed by atoms with Crippen molar-refractivity contribution in [3.8, 4) is 0 Å². The van der Waals surface area contributed by atoms with E-state index in [1.165, 1.54) is 6.42 Å². The average molecular weight is 493 g/mol. The van der Waals surface area contributed by atoms with Crippen LogP contribution in [0.15, 0.2) is 58.7 Å². The molecule has 0 unspecified atom stereocenters. The van der Waals surface area contributed by atoms with Crippen LogP contribution < -0.4 is 5.43 Å². The summed E-state index contributed by atoms with van der Waals surface area (Å²) in [5.41, 5.74) is 6.79. The number of piperidine rings is 1. The Balaban J connectivity index is 1.90. The van der Waals surface area contributed by atoms with E-state index in [4.69, 9.17) is 39.8 Å². The van der Waals surface area contributed by atoms with Gasteiger partial charge in [-0.25, -0.2) is 10.0 Å². The monoisotopic (exact) mass is 491 g/mol. The first-order chi connectivity index (χ1) is 15.3. The molecule has 2 aromatic carbocycles. The zero-order chi connectivity index (χ0) is 23.1. The molecule has 0 atom stereocenters. The SMILES string of the molecule is CC(C)=C(N=C(CCc1ccc(Cl)cc1Cl)c1ccccc1Cl)C(=O)NN1CCCCC1. The van der Waals surface area contributed by atoms with Gasteiger partial charge >= 0.3 is 0 Å². The van der Waals surface area contributed by atoms with Crippen molar-refractivity contribution in [2.75, 3.05) is 13.1 Å². The number of carbonyl (C=O) groups is 1. The van der Waals surface area contributed by atoms with Gasteiger partial charge in [0.1, 0.15) is 5.70 Å². The largest absolute Gasteiger partial charge is 0.284 e. The van der Waals surface area contributed by atoms with Gasteiger partial charge < -0.3 is 0 Å². The van der Waals surface area contributed by atoms with Crippen molar-refractivity contribution in [3.63, 3.8) is 0 Å². The molecule has 1 N–H and O–H groups in total. The summed E-state index contributed by atoms with van der Waals surface area (Å²) in [6, 6.07) is 13.0. The molecule has 0 radical (unpaired) electrons. The third-order valence-corrected chi connectivity index (χ3v) is 6.30. The van der Waals surface area contributed by atoms with Crippen molar-refractivity contribution in [1.29, 1.82) is 0 Å². The highest BCUT2D eigenvalue weighted by Crippen LogP contribution is 2.25. The molecule has 0 spiro atoms. The fourth-order valence-electron chi connectivity index (χ4n) is 3.65. The maximum atomic E-state index is 13.1. The van der Waals surface area contributed by atoms with E-state index in [9.17, 15) is 4.79 Å². The van der Waals surface area contributed by atoms with Crippen molar-refractivity contribution in [3.05, 3.63) is 79.9 Å². The standard InChI is InChI=1S/C25H28Cl3N3O/c1-17(2)24(25(32)30-31-14-6-3-7-15-31)29-23(20-8-4-5-9-21(20)27)13-11-18-10-12-19(26)16-22(18)28/h4-5,8-10,12,16H,3,6-7,11,13-15H2,1-2H3,(H,30,32). The zero-order valence-electron chi connectivity index (χ0n) is 18.4. The van der Waals surface area contributed by atoms with Gasteiger partial charge in [0.15, 0.2) is 0 Å². The number of rotatable bonds is 7. The lowest BCUT2D eigenvalue weighted by atomic mass is 10.0. The molecule has 0 bridgehead atoms. The molecule has 170 valence electrons. The van der Waals surface area contributed by atoms with Crippen molar-refractivity contribution in [1.82, 2.24) is 10.4 Å². The molecule has 1 aliphatic rings. The fraction of sp³-hybridized carbons (Fsp3) is 0.360. The van der Waals surface area contributed by atoms with E-state index in [2.05, 4.69) is 5.43 Å². The highest BCUT2D eigenvalue weighted by Gasteiger charge is 2.19. The van der Waals surface area contributed by atoms with Crippen molar-refractivity contribution >= 4 is 46.4 Å². The number of nitrogens with zero attached hydrogens (tertiary/aromatic N) is 2. The van der Waals surface area contributed by atoms with Crippen LogP contribution in [0.1, 0.15) is 50.7 Å². The third-order valence-electron chi connectivity index (χ3n) is 5.38. The quantitative estimate of drug-likeness (QED) is 0.338. The summed E-state index contributed by atoms with van der Waals surface area (Å²) in [4.78, 5) is 17.9. The molecule has 2 aromatic rings. The van der Waals surface area contributed by atoms with Crippen LogP contribution in [-0.4, -0.2) is 29.7 Å². The number of nitrogens with one attached hydrogen (secondary N) is 1. The van der Waals surface area contributed by atoms with Gasteiger partial charge in [0.25, 0.3) is 5.91 Å². The second-order valence-electron chi connectivity index (χ2n) is 8.11. The van der Waals surface area contributed by atoms with Gasteiger partial charge in [0.05, 0.1) is 5.71 Å². The van der Waals surface area contributed by atoms with Crippen LogP contribution in [0, 0.1) is 0 Å². The van der Waals surface area contributed by atoms with Crippen LogP contribution in [0.5, 0.6) is 0 Å². The Kier molecular flexibility index (Phi) is 9.18. The molecule has 32 heavy (non-hydrogen) atoms. The first-order valence-electron chi connectivity index (χ1n) is 10.8. The Morgan fingerprint density at radius 3 is 2.38 bits per heavy atom. The Morgan fingerprint density at radius 1 is 1.00 bits per heavy atom. The number of benzene rings is 2. The average Bonchev–Trinajstić information content (AvgIpc) is 2.76. The Bertz CT molecular complexity index is 1020. The molecule has 0 aliphatic carbocycles. The van der Waals surface area contributed by atoms with E-state index < -0.39 is 0 Å². The summed E-state index contributed by atoms with van der Waals surface area (Å²) in [7, 11) is 0. The van der Waals surface area contributed by atoms with Crippen LogP contribution in [0.2, 0.25) is 15.1 Å². The van der Waals surface area contributed by atoms with Crippen LogP contribution in [0.3, 0.4) is 0 Å². The summed E-state index contributed by atoms with van der Waals surface area (Å²) < 4.78 is 0. The molecule has 1 heterocycles. The lowest BCUT2D eigenvalue weighted by molar-refractivity contribution is -0.122. The Hall–Kier alpha value is -1.85. The Labute approximate surface area is 205 Å². The lowest BCUT2D eigenvalue weighted by Gasteiger charge is -2.27. The molecule has 1 amide bonds. The minimum Gasteiger partial charge on any atom is -0.283 e. The number of hydrazine groups is 1. The maximum absolute atomic E-state index is 13.1. The smallest absolute Gasteiger partial charge is 0.283 e. The summed E-state index contributed by atoms with van der Waals surface area (Å²) in [5.74, 6) is -0.194. The molecule has 0 saturated carbocycles. The van der Waals surface area contributed by atoms with Crippen LogP contribution in [0.25, 0.3) is 0 Å². The number of hydrogen-bond donors (Lipinski definition) is 1. The number of allylic oxidation sites excluding steroid dienone is 1. The summed E-state index contributed by atoms with van der Waals surface area (Å²) in [6.45, 7) is 5.51. The van der Waals surface area contributed by atoms with Crippen LogP contribution in [0.4, 0.5) is 0 Å². The molecule has 3 rings (SSSR count). The number of amides is 1. The van der Waals surface area contributed by atoms with Crippen molar-refractivity contribution in [2.24, 2.45) is 4.99 Å². The highest BCUT2D eigenvalue weighted by atomic mass is 35.5. The number of carbonyl (C=O) groups excluding carboxylic acids is 1. The van der Waals surface area contributed by atoms with Gasteiger partial charge in [0.2, 0.25) is 0 Å². The minimum atomic E-state index is -0.194. The topological polar surface area (TPSA) is 44.7 Å². The summed E-state index contributed by atoms with van der Waals surface area (Å²) in [5, 5.41) is 3.78. The number of halogens is 3. The number of hydrogen-bond acceptors (Lipinski definition) is 3. The molecule has 7 heteroatoms. The Morgan fingerprint density at radius 2 is 1.72 bits per heavy atom. The van der Waals surface area contributed by atoms with E-state index in [0.29, 0.717) is 33.6 Å². The second kappa shape index (κ2) is 11.9. The number of aryl methyl sites for hydroxylation is 1. The van der Waals surface area contributed by atoms with Gasteiger partial charge in [-0.3, -0.25) is 10.2 Å². The first kappa shape index (κ1) is 24.8. The van der Waals surface area contributed by atoms with Crippen molar-refractivity contribution < 1.29 is 4.79 Å². The third kappa shape index (κ3) is 6.82. The molecule has 0 aromatic heterocycles. The van der Waals surface area contributed by atoms with Gasteiger partial charge in [-0.2, -0.15) is 0 Å². The number of aliphatic imine (C=N–C) groups is 1. The first-order valence-corrected chi connectivity index (χ1v) is 12.0. The minimum absolute atomic E-state index is 0.194. The maximum Gasteiger partial charge on any atom is 0.284 e. The van der Waals surface area contributed by atoms with Crippen LogP contribution in [-0.2, 0) is 11.2 Å². The van der Waals surface area contributed by atoms with Gasteiger partial charge in [-0.05, 0) is 68.9 Å². The van der Waals surface area contributed by atoms with E-state index >= 15 is 0 Å². The fourth-order valence-corrected chi connectivity index (χ4v) is 4.40. The molecule has 1 saturated heterocycles. The second-order valence-corrected chi connectivity index (χ2v) is 9.36. The van der Waals surface area contributed by atoms with E-state index in [1.54, 1.807) is 6.07 Å². The predicted molar refractivity (Wildman–Crippen MR) is 135 cm³/mol. The van der Waals surface area contributed by atoms with Crippen LogP contribution >= 0.6 is 34.8 Å². The van der Waals surface area contributed by atoms with Gasteiger partial charge in [0, 0.05) is 33.7 Å². The highest BCUT2D eigenvalue weighted by molar-refractivity contribution is 6.35. The summed E-state index contributed by atoms with van der Waals surface area (Å²) in [6.07, 6.45) is 4.58. The van der Waals surface area contributed by atoms with E-state index in [-0.39, 0.29) is 5.91 Å². The molecule has 4 nitrogen and oxygen atoms in total. The lowest BCUT2D eigenvalue weighted by Crippen LogP contribution is -2.45. The zero-order valence-corrected chi connectivity index (χ0v) is 20.7. The van der Waals surface area contributed by atoms with E-state index in [0.717, 1.165) is 48.3 Å². The van der Waals surface area contributed by atoms with E-state index in [1.807, 2.05) is 55.3 Å².